The minimum Gasteiger partial charge on any atom is -0.358 e. The Hall–Kier alpha value is -1.80. The Balaban J connectivity index is 3.16. The van der Waals surface area contributed by atoms with Gasteiger partial charge in [0.1, 0.15) is 6.54 Å². The second-order valence-corrected chi connectivity index (χ2v) is 2.99. The van der Waals surface area contributed by atoms with Crippen molar-refractivity contribution in [2.24, 2.45) is 7.05 Å². The van der Waals surface area contributed by atoms with Crippen LogP contribution in [0.15, 0.2) is 4.79 Å². The minimum absolute atomic E-state index is 0.350. The number of halogens is 3. The van der Waals surface area contributed by atoms with Gasteiger partial charge in [0.25, 0.3) is 0 Å². The third-order valence-electron chi connectivity index (χ3n) is 1.87. The highest BCUT2D eigenvalue weighted by Crippen LogP contribution is 2.25. The van der Waals surface area contributed by atoms with Crippen molar-refractivity contribution in [3.8, 4) is 0 Å². The normalized spacial score (nSPS) is 11.6. The maximum absolute atomic E-state index is 12.3. The average Bonchev–Trinajstić information content (AvgIpc) is 2.45. The summed E-state index contributed by atoms with van der Waals surface area (Å²) in [7, 11) is 2.25. The molecule has 90 valence electrons. The topological polar surface area (TPSA) is 68.9 Å². The van der Waals surface area contributed by atoms with Gasteiger partial charge in [-0.3, -0.25) is 9.36 Å². The van der Waals surface area contributed by atoms with Gasteiger partial charge in [-0.15, -0.1) is 5.10 Å². The first-order valence-corrected chi connectivity index (χ1v) is 4.19. The molecule has 1 N–H and O–H groups in total. The van der Waals surface area contributed by atoms with Crippen molar-refractivity contribution in [2.75, 3.05) is 7.05 Å². The molecule has 0 saturated carbocycles. The quantitative estimate of drug-likeness (QED) is 0.744. The third-order valence-corrected chi connectivity index (χ3v) is 1.87. The summed E-state index contributed by atoms with van der Waals surface area (Å²) in [6.45, 7) is -0.542. The summed E-state index contributed by atoms with van der Waals surface area (Å²) >= 11 is 0. The molecule has 1 amide bonds. The Bertz CT molecular complexity index is 459. The van der Waals surface area contributed by atoms with Crippen molar-refractivity contribution < 1.29 is 18.0 Å². The predicted molar refractivity (Wildman–Crippen MR) is 46.5 cm³/mol. The van der Waals surface area contributed by atoms with E-state index in [4.69, 9.17) is 0 Å². The molecule has 1 heterocycles. The first kappa shape index (κ1) is 12.3. The zero-order valence-corrected chi connectivity index (χ0v) is 8.50. The van der Waals surface area contributed by atoms with Gasteiger partial charge in [-0.1, -0.05) is 0 Å². The zero-order valence-electron chi connectivity index (χ0n) is 8.50. The monoisotopic (exact) mass is 238 g/mol. The van der Waals surface area contributed by atoms with Crippen molar-refractivity contribution in [2.45, 2.75) is 12.7 Å². The molecule has 9 heteroatoms. The van der Waals surface area contributed by atoms with Gasteiger partial charge >= 0.3 is 11.9 Å². The van der Waals surface area contributed by atoms with E-state index >= 15 is 0 Å². The number of carbonyl (C=O) groups excluding carboxylic acids is 1. The standard InChI is InChI=1S/C7H9F3N4O2/c1-11-4(15)3-14-6(16)13(2)5(12-14)7(8,9)10/h3H2,1-2H3,(H,11,15). The largest absolute Gasteiger partial charge is 0.451 e. The van der Waals surface area contributed by atoms with E-state index < -0.39 is 30.1 Å². The Morgan fingerprint density at radius 1 is 1.50 bits per heavy atom. The van der Waals surface area contributed by atoms with Crippen LogP contribution >= 0.6 is 0 Å². The van der Waals surface area contributed by atoms with Crippen LogP contribution in [0.4, 0.5) is 13.2 Å². The van der Waals surface area contributed by atoms with Gasteiger partial charge in [-0.05, 0) is 0 Å². The predicted octanol–water partition coefficient (Wildman–Crippen LogP) is -0.653. The molecule has 0 spiro atoms. The molecular formula is C7H9F3N4O2. The number of rotatable bonds is 2. The van der Waals surface area contributed by atoms with Crippen LogP contribution in [-0.2, 0) is 24.6 Å². The minimum atomic E-state index is -4.72. The van der Waals surface area contributed by atoms with Gasteiger partial charge in [0.2, 0.25) is 11.7 Å². The van der Waals surface area contributed by atoms with Crippen LogP contribution in [-0.4, -0.2) is 27.3 Å². The van der Waals surface area contributed by atoms with E-state index in [0.29, 0.717) is 9.25 Å². The summed E-state index contributed by atoms with van der Waals surface area (Å²) in [5, 5.41) is 5.23. The lowest BCUT2D eigenvalue weighted by atomic mass is 10.6. The van der Waals surface area contributed by atoms with Crippen molar-refractivity contribution in [3.05, 3.63) is 16.3 Å². The van der Waals surface area contributed by atoms with E-state index in [1.165, 1.54) is 7.05 Å². The molecule has 1 aromatic rings. The number of likely N-dealkylation sites (N-methyl/N-ethyl adjacent to an activating group) is 1. The highest BCUT2D eigenvalue weighted by atomic mass is 19.4. The fourth-order valence-corrected chi connectivity index (χ4v) is 1.05. The number of carbonyl (C=O) groups is 1. The molecule has 0 atom stereocenters. The SMILES string of the molecule is CNC(=O)Cn1nc(C(F)(F)F)n(C)c1=O. The number of nitrogens with one attached hydrogen (secondary N) is 1. The molecule has 0 aliphatic rings. The zero-order chi connectivity index (χ0) is 12.5. The van der Waals surface area contributed by atoms with Crippen LogP contribution < -0.4 is 11.0 Å². The highest BCUT2D eigenvalue weighted by molar-refractivity contribution is 5.75. The number of hydrogen-bond acceptors (Lipinski definition) is 3. The molecule has 0 unspecified atom stereocenters. The molecule has 6 nitrogen and oxygen atoms in total. The number of aromatic nitrogens is 3. The summed E-state index contributed by atoms with van der Waals surface area (Å²) in [5.74, 6) is -1.93. The summed E-state index contributed by atoms with van der Waals surface area (Å²) < 4.78 is 37.8. The van der Waals surface area contributed by atoms with Gasteiger partial charge in [0.05, 0.1) is 0 Å². The lowest BCUT2D eigenvalue weighted by Gasteiger charge is -2.02. The summed E-state index contributed by atoms with van der Waals surface area (Å²) in [6.07, 6.45) is -4.72. The van der Waals surface area contributed by atoms with Gasteiger partial charge in [0, 0.05) is 14.1 Å². The molecule has 0 radical (unpaired) electrons. The van der Waals surface area contributed by atoms with Crippen LogP contribution in [0.1, 0.15) is 5.82 Å². The van der Waals surface area contributed by atoms with Gasteiger partial charge < -0.3 is 5.32 Å². The molecule has 16 heavy (non-hydrogen) atoms. The highest BCUT2D eigenvalue weighted by Gasteiger charge is 2.38. The molecule has 1 rings (SSSR count). The third kappa shape index (κ3) is 2.23. The maximum atomic E-state index is 12.3. The maximum Gasteiger partial charge on any atom is 0.451 e. The smallest absolute Gasteiger partial charge is 0.358 e. The fraction of sp³-hybridized carbons (Fsp3) is 0.571. The summed E-state index contributed by atoms with van der Waals surface area (Å²) in [4.78, 5) is 22.2. The molecule has 0 aromatic carbocycles. The molecule has 1 aromatic heterocycles. The molecule has 0 bridgehead atoms. The lowest BCUT2D eigenvalue weighted by molar-refractivity contribution is -0.147. The van der Waals surface area contributed by atoms with E-state index in [9.17, 15) is 22.8 Å². The molecule has 0 aliphatic carbocycles. The Morgan fingerprint density at radius 2 is 2.06 bits per heavy atom. The first-order valence-electron chi connectivity index (χ1n) is 4.19. The van der Waals surface area contributed by atoms with Gasteiger partial charge in [-0.25, -0.2) is 9.48 Å². The fourth-order valence-electron chi connectivity index (χ4n) is 1.05. The van der Waals surface area contributed by atoms with E-state index in [2.05, 4.69) is 10.4 Å². The molecule has 0 fully saturated rings. The number of alkyl halides is 3. The Morgan fingerprint density at radius 3 is 2.44 bits per heavy atom. The first-order chi connectivity index (χ1) is 7.27. The van der Waals surface area contributed by atoms with E-state index in [-0.39, 0.29) is 0 Å². The number of nitrogens with zero attached hydrogens (tertiary/aromatic N) is 3. The van der Waals surface area contributed by atoms with E-state index in [1.54, 1.807) is 0 Å². The van der Waals surface area contributed by atoms with Crippen molar-refractivity contribution >= 4 is 5.91 Å². The Labute approximate surface area is 87.7 Å². The van der Waals surface area contributed by atoms with Crippen molar-refractivity contribution in [3.63, 3.8) is 0 Å². The number of hydrogen-bond donors (Lipinski definition) is 1. The molecule has 0 aliphatic heterocycles. The van der Waals surface area contributed by atoms with Crippen LogP contribution in [0.25, 0.3) is 0 Å². The number of amides is 1. The van der Waals surface area contributed by atoms with Crippen molar-refractivity contribution in [1.82, 2.24) is 19.7 Å². The molecule has 0 saturated heterocycles. The summed E-state index contributed by atoms with van der Waals surface area (Å²) in [6, 6.07) is 0. The van der Waals surface area contributed by atoms with Gasteiger partial charge in [0.15, 0.2) is 0 Å². The van der Waals surface area contributed by atoms with E-state index in [0.717, 1.165) is 7.05 Å². The summed E-state index contributed by atoms with van der Waals surface area (Å²) in [5.41, 5.74) is -0.990. The van der Waals surface area contributed by atoms with Crippen LogP contribution in [0.2, 0.25) is 0 Å². The van der Waals surface area contributed by atoms with Gasteiger partial charge in [-0.2, -0.15) is 13.2 Å². The van der Waals surface area contributed by atoms with E-state index in [1.807, 2.05) is 0 Å². The second-order valence-electron chi connectivity index (χ2n) is 2.99. The lowest BCUT2D eigenvalue weighted by Crippen LogP contribution is -2.31. The van der Waals surface area contributed by atoms with Crippen molar-refractivity contribution in [1.29, 1.82) is 0 Å². The van der Waals surface area contributed by atoms with Crippen LogP contribution in [0.5, 0.6) is 0 Å². The second kappa shape index (κ2) is 3.99. The average molecular weight is 238 g/mol. The van der Waals surface area contributed by atoms with Crippen LogP contribution in [0.3, 0.4) is 0 Å². The van der Waals surface area contributed by atoms with Crippen LogP contribution in [0, 0.1) is 0 Å². The molecular weight excluding hydrogens is 229 g/mol. The Kier molecular flexibility index (Phi) is 3.06.